The molecule has 0 saturated carbocycles. The number of methoxy groups -OCH3 is 1. The van der Waals surface area contributed by atoms with Gasteiger partial charge in [0.15, 0.2) is 0 Å². The largest absolute Gasteiger partial charge is 0.477 e. The van der Waals surface area contributed by atoms with Crippen LogP contribution in [0.25, 0.3) is 0 Å². The molecule has 1 N–H and O–H groups in total. The third kappa shape index (κ3) is 3.78. The van der Waals surface area contributed by atoms with E-state index in [1.807, 2.05) is 0 Å². The molecule has 0 unspecified atom stereocenters. The van der Waals surface area contributed by atoms with E-state index in [1.165, 1.54) is 14.2 Å². The van der Waals surface area contributed by atoms with Crippen LogP contribution in [-0.2, 0) is 19.6 Å². The highest BCUT2D eigenvalue weighted by molar-refractivity contribution is 9.11. The van der Waals surface area contributed by atoms with Crippen LogP contribution in [0.3, 0.4) is 0 Å². The van der Waals surface area contributed by atoms with E-state index in [-0.39, 0.29) is 26.5 Å². The number of sulfonamides is 1. The van der Waals surface area contributed by atoms with Crippen LogP contribution in [0, 0.1) is 0 Å². The Kier molecular flexibility index (Phi) is 5.68. The van der Waals surface area contributed by atoms with Gasteiger partial charge >= 0.3 is 11.9 Å². The number of hydrogen-bond acceptors (Lipinski definition) is 6. The second-order valence-electron chi connectivity index (χ2n) is 3.71. The van der Waals surface area contributed by atoms with Crippen LogP contribution in [0.4, 0.5) is 0 Å². The molecular formula is C10H12BrNO6S2. The average molecular weight is 386 g/mol. The van der Waals surface area contributed by atoms with E-state index < -0.39 is 22.0 Å². The van der Waals surface area contributed by atoms with E-state index in [2.05, 4.69) is 20.7 Å². The Labute approximate surface area is 128 Å². The first-order valence-corrected chi connectivity index (χ1v) is 8.31. The number of ether oxygens (including phenoxy) is 1. The lowest BCUT2D eigenvalue weighted by Crippen LogP contribution is -2.29. The van der Waals surface area contributed by atoms with Crippen LogP contribution in [0.2, 0.25) is 0 Å². The molecule has 112 valence electrons. The maximum atomic E-state index is 12.2. The standard InChI is InChI=1S/C10H12BrNO6S2/c1-12(4-3-8(13)18-2)20(16,17)7-5-6(10(14)15)19-9(7)11/h5H,3-4H2,1-2H3,(H,14,15). The molecule has 20 heavy (non-hydrogen) atoms. The molecule has 10 heteroatoms. The number of nitrogens with zero attached hydrogens (tertiary/aromatic N) is 1. The Morgan fingerprint density at radius 3 is 2.55 bits per heavy atom. The molecule has 0 radical (unpaired) electrons. The van der Waals surface area contributed by atoms with Crippen molar-refractivity contribution >= 4 is 49.2 Å². The Morgan fingerprint density at radius 2 is 2.10 bits per heavy atom. The zero-order chi connectivity index (χ0) is 15.5. The molecule has 1 aromatic rings. The van der Waals surface area contributed by atoms with Gasteiger partial charge in [0.1, 0.15) is 9.77 Å². The highest BCUT2D eigenvalue weighted by Crippen LogP contribution is 2.33. The summed E-state index contributed by atoms with van der Waals surface area (Å²) in [5.74, 6) is -1.72. The monoisotopic (exact) mass is 385 g/mol. The Hall–Kier alpha value is -0.970. The molecular weight excluding hydrogens is 374 g/mol. The van der Waals surface area contributed by atoms with E-state index in [0.29, 0.717) is 0 Å². The van der Waals surface area contributed by atoms with Crippen LogP contribution in [-0.4, -0.2) is 50.5 Å². The fraction of sp³-hybridized carbons (Fsp3) is 0.400. The van der Waals surface area contributed by atoms with Crippen LogP contribution >= 0.6 is 27.3 Å². The molecule has 0 aliphatic heterocycles. The highest BCUT2D eigenvalue weighted by atomic mass is 79.9. The average Bonchev–Trinajstić information content (AvgIpc) is 2.78. The van der Waals surface area contributed by atoms with Crippen LogP contribution < -0.4 is 0 Å². The predicted octanol–water partition coefficient (Wildman–Crippen LogP) is 1.39. The van der Waals surface area contributed by atoms with Crippen molar-refractivity contribution in [3.05, 3.63) is 14.7 Å². The summed E-state index contributed by atoms with van der Waals surface area (Å²) in [5.41, 5.74) is 0. The second kappa shape index (κ2) is 6.66. The van der Waals surface area contributed by atoms with Crippen LogP contribution in [0.1, 0.15) is 16.1 Å². The van der Waals surface area contributed by atoms with Crippen LogP contribution in [0.5, 0.6) is 0 Å². The molecule has 7 nitrogen and oxygen atoms in total. The smallest absolute Gasteiger partial charge is 0.345 e. The normalized spacial score (nSPS) is 11.6. The zero-order valence-electron chi connectivity index (χ0n) is 10.6. The fourth-order valence-electron chi connectivity index (χ4n) is 1.27. The number of rotatable bonds is 6. The molecule has 0 bridgehead atoms. The fourth-order valence-corrected chi connectivity index (χ4v) is 4.79. The summed E-state index contributed by atoms with van der Waals surface area (Å²) in [6.45, 7) is -0.0559. The van der Waals surface area contributed by atoms with Crippen molar-refractivity contribution < 1.29 is 27.9 Å². The first-order valence-electron chi connectivity index (χ1n) is 5.26. The van der Waals surface area contributed by atoms with Gasteiger partial charge in [0.05, 0.1) is 17.3 Å². The lowest BCUT2D eigenvalue weighted by molar-refractivity contribution is -0.140. The SMILES string of the molecule is COC(=O)CCN(C)S(=O)(=O)c1cc(C(=O)O)sc1Br. The molecule has 1 aromatic heterocycles. The van der Waals surface area contributed by atoms with Crippen molar-refractivity contribution in [3.63, 3.8) is 0 Å². The van der Waals surface area contributed by atoms with E-state index in [4.69, 9.17) is 5.11 Å². The number of carboxylic acids is 1. The van der Waals surface area contributed by atoms with Gasteiger partial charge in [-0.25, -0.2) is 17.5 Å². The summed E-state index contributed by atoms with van der Waals surface area (Å²) >= 11 is 3.86. The summed E-state index contributed by atoms with van der Waals surface area (Å²) in [6, 6.07) is 1.08. The van der Waals surface area contributed by atoms with E-state index >= 15 is 0 Å². The number of carboxylic acid groups (broad SMARTS) is 1. The Morgan fingerprint density at radius 1 is 1.50 bits per heavy atom. The van der Waals surface area contributed by atoms with Gasteiger partial charge in [0.2, 0.25) is 10.0 Å². The molecule has 0 atom stereocenters. The molecule has 1 heterocycles. The van der Waals surface area contributed by atoms with Gasteiger partial charge < -0.3 is 9.84 Å². The number of esters is 1. The number of halogens is 1. The third-order valence-electron chi connectivity index (χ3n) is 2.41. The summed E-state index contributed by atoms with van der Waals surface area (Å²) < 4.78 is 30.1. The van der Waals surface area contributed by atoms with Gasteiger partial charge in [-0.1, -0.05) is 0 Å². The molecule has 0 fully saturated rings. The van der Waals surface area contributed by atoms with Crippen LogP contribution in [0.15, 0.2) is 14.7 Å². The number of thiophene rings is 1. The van der Waals surface area contributed by atoms with Gasteiger partial charge in [0, 0.05) is 13.6 Å². The van der Waals surface area contributed by atoms with E-state index in [1.54, 1.807) is 0 Å². The lowest BCUT2D eigenvalue weighted by atomic mass is 10.4. The number of hydrogen-bond donors (Lipinski definition) is 1. The number of carbonyl (C=O) groups is 2. The molecule has 0 aromatic carbocycles. The highest BCUT2D eigenvalue weighted by Gasteiger charge is 2.27. The zero-order valence-corrected chi connectivity index (χ0v) is 13.8. The quantitative estimate of drug-likeness (QED) is 0.742. The topological polar surface area (TPSA) is 101 Å². The van der Waals surface area contributed by atoms with Crippen molar-refractivity contribution in [2.24, 2.45) is 0 Å². The first-order chi connectivity index (χ1) is 9.20. The van der Waals surface area contributed by atoms with Crippen molar-refractivity contribution in [3.8, 4) is 0 Å². The number of carbonyl (C=O) groups excluding carboxylic acids is 1. The Bertz CT molecular complexity index is 624. The summed E-state index contributed by atoms with van der Waals surface area (Å²) in [7, 11) is -1.34. The summed E-state index contributed by atoms with van der Waals surface area (Å²) in [6.07, 6.45) is -0.0836. The summed E-state index contributed by atoms with van der Waals surface area (Å²) in [5, 5.41) is 8.85. The lowest BCUT2D eigenvalue weighted by Gasteiger charge is -2.15. The van der Waals surface area contributed by atoms with E-state index in [9.17, 15) is 18.0 Å². The van der Waals surface area contributed by atoms with Crippen molar-refractivity contribution in [1.82, 2.24) is 4.31 Å². The van der Waals surface area contributed by atoms with Gasteiger partial charge in [-0.05, 0) is 22.0 Å². The van der Waals surface area contributed by atoms with Gasteiger partial charge in [-0.2, -0.15) is 0 Å². The predicted molar refractivity (Wildman–Crippen MR) is 75.4 cm³/mol. The molecule has 0 aliphatic carbocycles. The number of aromatic carboxylic acids is 1. The maximum Gasteiger partial charge on any atom is 0.345 e. The van der Waals surface area contributed by atoms with E-state index in [0.717, 1.165) is 21.7 Å². The summed E-state index contributed by atoms with van der Waals surface area (Å²) in [4.78, 5) is 21.6. The maximum absolute atomic E-state index is 12.2. The van der Waals surface area contributed by atoms with Gasteiger partial charge in [0.25, 0.3) is 0 Å². The molecule has 0 aliphatic rings. The molecule has 0 saturated heterocycles. The van der Waals surface area contributed by atoms with Gasteiger partial charge in [-0.15, -0.1) is 11.3 Å². The Balaban J connectivity index is 2.98. The van der Waals surface area contributed by atoms with Crippen molar-refractivity contribution in [2.45, 2.75) is 11.3 Å². The minimum Gasteiger partial charge on any atom is -0.477 e. The third-order valence-corrected chi connectivity index (χ3v) is 6.51. The molecule has 0 amide bonds. The molecule has 1 rings (SSSR count). The van der Waals surface area contributed by atoms with Crippen molar-refractivity contribution in [1.29, 1.82) is 0 Å². The minimum absolute atomic E-state index is 0.0559. The minimum atomic E-state index is -3.86. The van der Waals surface area contributed by atoms with Crippen molar-refractivity contribution in [2.75, 3.05) is 20.7 Å². The molecule has 0 spiro atoms. The first kappa shape index (κ1) is 17.1. The second-order valence-corrected chi connectivity index (χ2v) is 8.09. The van der Waals surface area contributed by atoms with Gasteiger partial charge in [-0.3, -0.25) is 4.79 Å².